The molecule has 19 heavy (non-hydrogen) atoms. The maximum atomic E-state index is 13.3. The molecule has 0 saturated carbocycles. The quantitative estimate of drug-likeness (QED) is 0.923. The van der Waals surface area contributed by atoms with Crippen molar-refractivity contribution in [2.24, 2.45) is 0 Å². The van der Waals surface area contributed by atoms with E-state index in [2.05, 4.69) is 5.10 Å². The molecule has 2 aromatic rings. The lowest BCUT2D eigenvalue weighted by Gasteiger charge is -2.09. The number of nitrogens with zero attached hydrogens (tertiary/aromatic N) is 2. The van der Waals surface area contributed by atoms with Gasteiger partial charge < -0.3 is 5.11 Å². The van der Waals surface area contributed by atoms with Crippen molar-refractivity contribution in [2.45, 2.75) is 40.3 Å². The van der Waals surface area contributed by atoms with Crippen LogP contribution in [-0.4, -0.2) is 14.9 Å². The molecule has 102 valence electrons. The second kappa shape index (κ2) is 5.13. The Balaban J connectivity index is 2.39. The molecule has 0 radical (unpaired) electrons. The van der Waals surface area contributed by atoms with Crippen LogP contribution in [0.2, 0.25) is 0 Å². The van der Waals surface area contributed by atoms with Gasteiger partial charge in [0, 0.05) is 11.3 Å². The molecule has 1 atom stereocenters. The van der Waals surface area contributed by atoms with Crippen molar-refractivity contribution in [3.05, 3.63) is 52.1 Å². The summed E-state index contributed by atoms with van der Waals surface area (Å²) in [6.07, 6.45) is -0.539. The molecule has 0 aliphatic heterocycles. The fourth-order valence-electron chi connectivity index (χ4n) is 2.44. The zero-order valence-electron chi connectivity index (χ0n) is 11.7. The van der Waals surface area contributed by atoms with Gasteiger partial charge in [0.2, 0.25) is 0 Å². The molecule has 0 amide bonds. The SMILES string of the molecule is Cc1ccc(F)cc1Cn1nc(C)c(C(C)O)c1C. The Morgan fingerprint density at radius 2 is 2.00 bits per heavy atom. The van der Waals surface area contributed by atoms with Crippen molar-refractivity contribution in [1.29, 1.82) is 0 Å². The minimum absolute atomic E-state index is 0.238. The van der Waals surface area contributed by atoms with E-state index < -0.39 is 6.10 Å². The molecule has 0 spiro atoms. The highest BCUT2D eigenvalue weighted by molar-refractivity contribution is 5.30. The lowest BCUT2D eigenvalue weighted by molar-refractivity contribution is 0.197. The van der Waals surface area contributed by atoms with Crippen LogP contribution < -0.4 is 0 Å². The predicted molar refractivity (Wildman–Crippen MR) is 72.6 cm³/mol. The van der Waals surface area contributed by atoms with Gasteiger partial charge in [-0.05, 0) is 51.0 Å². The van der Waals surface area contributed by atoms with Crippen molar-refractivity contribution < 1.29 is 9.50 Å². The van der Waals surface area contributed by atoms with E-state index in [1.165, 1.54) is 12.1 Å². The van der Waals surface area contributed by atoms with Gasteiger partial charge in [-0.3, -0.25) is 4.68 Å². The number of aromatic nitrogens is 2. The van der Waals surface area contributed by atoms with Crippen LogP contribution >= 0.6 is 0 Å². The third kappa shape index (κ3) is 2.68. The third-order valence-electron chi connectivity index (χ3n) is 3.49. The van der Waals surface area contributed by atoms with E-state index in [4.69, 9.17) is 0 Å². The molecule has 0 aliphatic rings. The molecule has 0 fully saturated rings. The Hall–Kier alpha value is -1.68. The fraction of sp³-hybridized carbons (Fsp3) is 0.400. The van der Waals surface area contributed by atoms with Gasteiger partial charge in [0.1, 0.15) is 5.82 Å². The number of aliphatic hydroxyl groups is 1. The summed E-state index contributed by atoms with van der Waals surface area (Å²) in [5.74, 6) is -0.238. The van der Waals surface area contributed by atoms with Crippen molar-refractivity contribution in [1.82, 2.24) is 9.78 Å². The zero-order chi connectivity index (χ0) is 14.2. The minimum Gasteiger partial charge on any atom is -0.389 e. The van der Waals surface area contributed by atoms with Gasteiger partial charge in [-0.15, -0.1) is 0 Å². The number of rotatable bonds is 3. The van der Waals surface area contributed by atoms with Gasteiger partial charge in [0.25, 0.3) is 0 Å². The second-order valence-electron chi connectivity index (χ2n) is 4.99. The summed E-state index contributed by atoms with van der Waals surface area (Å²) in [6, 6.07) is 4.76. The number of benzene rings is 1. The summed E-state index contributed by atoms with van der Waals surface area (Å²) < 4.78 is 15.1. The van der Waals surface area contributed by atoms with Gasteiger partial charge in [-0.2, -0.15) is 5.10 Å². The smallest absolute Gasteiger partial charge is 0.123 e. The first-order valence-corrected chi connectivity index (χ1v) is 6.37. The average Bonchev–Trinajstić information content (AvgIpc) is 2.59. The monoisotopic (exact) mass is 262 g/mol. The fourth-order valence-corrected chi connectivity index (χ4v) is 2.44. The summed E-state index contributed by atoms with van der Waals surface area (Å²) in [4.78, 5) is 0. The van der Waals surface area contributed by atoms with E-state index in [1.54, 1.807) is 13.0 Å². The maximum Gasteiger partial charge on any atom is 0.123 e. The first-order valence-electron chi connectivity index (χ1n) is 6.37. The lowest BCUT2D eigenvalue weighted by atomic mass is 10.1. The standard InChI is InChI=1S/C15H19FN2O/c1-9-5-6-14(16)7-13(9)8-18-11(3)15(12(4)19)10(2)17-18/h5-7,12,19H,8H2,1-4H3. The molecule has 0 saturated heterocycles. The number of aryl methyl sites for hydroxylation is 2. The average molecular weight is 262 g/mol. The van der Waals surface area contributed by atoms with Crippen molar-refractivity contribution in [2.75, 3.05) is 0 Å². The third-order valence-corrected chi connectivity index (χ3v) is 3.49. The van der Waals surface area contributed by atoms with Crippen LogP contribution in [0.1, 0.15) is 41.1 Å². The van der Waals surface area contributed by atoms with Gasteiger partial charge in [-0.25, -0.2) is 4.39 Å². The summed E-state index contributed by atoms with van der Waals surface area (Å²) in [7, 11) is 0. The second-order valence-corrected chi connectivity index (χ2v) is 4.99. The highest BCUT2D eigenvalue weighted by Crippen LogP contribution is 2.22. The number of aliphatic hydroxyl groups excluding tert-OH is 1. The molecule has 1 N–H and O–H groups in total. The first kappa shape index (κ1) is 13.7. The number of hydrogen-bond donors (Lipinski definition) is 1. The van der Waals surface area contributed by atoms with E-state index in [1.807, 2.05) is 25.5 Å². The van der Waals surface area contributed by atoms with E-state index in [0.29, 0.717) is 6.54 Å². The summed E-state index contributed by atoms with van der Waals surface area (Å²) >= 11 is 0. The Bertz CT molecular complexity index is 602. The Morgan fingerprint density at radius 1 is 1.32 bits per heavy atom. The van der Waals surface area contributed by atoms with Crippen molar-refractivity contribution in [3.8, 4) is 0 Å². The number of halogens is 1. The van der Waals surface area contributed by atoms with Crippen LogP contribution in [0.15, 0.2) is 18.2 Å². The Kier molecular flexibility index (Phi) is 3.71. The number of hydrogen-bond acceptors (Lipinski definition) is 2. The molecule has 4 heteroatoms. The maximum absolute atomic E-state index is 13.3. The van der Waals surface area contributed by atoms with Gasteiger partial charge in [-0.1, -0.05) is 6.07 Å². The highest BCUT2D eigenvalue weighted by atomic mass is 19.1. The summed E-state index contributed by atoms with van der Waals surface area (Å²) in [5.41, 5.74) is 4.54. The van der Waals surface area contributed by atoms with Crippen LogP contribution in [-0.2, 0) is 6.54 Å². The molecule has 1 unspecified atom stereocenters. The molecule has 1 aromatic heterocycles. The first-order chi connectivity index (χ1) is 8.90. The lowest BCUT2D eigenvalue weighted by Crippen LogP contribution is -2.06. The van der Waals surface area contributed by atoms with E-state index in [9.17, 15) is 9.50 Å². The molecule has 0 aliphatic carbocycles. The molecule has 3 nitrogen and oxygen atoms in total. The van der Waals surface area contributed by atoms with Gasteiger partial charge in [0.15, 0.2) is 0 Å². The van der Waals surface area contributed by atoms with Crippen LogP contribution in [0.5, 0.6) is 0 Å². The van der Waals surface area contributed by atoms with E-state index in [-0.39, 0.29) is 5.82 Å². The van der Waals surface area contributed by atoms with E-state index in [0.717, 1.165) is 28.1 Å². The molecule has 0 bridgehead atoms. The molecule has 1 heterocycles. The van der Waals surface area contributed by atoms with Crippen LogP contribution in [0.3, 0.4) is 0 Å². The normalized spacial score (nSPS) is 12.7. The van der Waals surface area contributed by atoms with Crippen molar-refractivity contribution >= 4 is 0 Å². The minimum atomic E-state index is -0.539. The summed E-state index contributed by atoms with van der Waals surface area (Å²) in [5, 5.41) is 14.2. The topological polar surface area (TPSA) is 38.0 Å². The molecule has 1 aromatic carbocycles. The van der Waals surface area contributed by atoms with Crippen LogP contribution in [0.25, 0.3) is 0 Å². The Labute approximate surface area is 112 Å². The zero-order valence-corrected chi connectivity index (χ0v) is 11.7. The molecule has 2 rings (SSSR count). The van der Waals surface area contributed by atoms with Gasteiger partial charge >= 0.3 is 0 Å². The molecular weight excluding hydrogens is 243 g/mol. The summed E-state index contributed by atoms with van der Waals surface area (Å²) in [6.45, 7) is 8.01. The Morgan fingerprint density at radius 3 is 2.58 bits per heavy atom. The largest absolute Gasteiger partial charge is 0.389 e. The van der Waals surface area contributed by atoms with E-state index >= 15 is 0 Å². The highest BCUT2D eigenvalue weighted by Gasteiger charge is 2.16. The van der Waals surface area contributed by atoms with Crippen LogP contribution in [0, 0.1) is 26.6 Å². The van der Waals surface area contributed by atoms with Crippen LogP contribution in [0.4, 0.5) is 4.39 Å². The van der Waals surface area contributed by atoms with Gasteiger partial charge in [0.05, 0.1) is 18.3 Å². The van der Waals surface area contributed by atoms with Crippen molar-refractivity contribution in [3.63, 3.8) is 0 Å². The predicted octanol–water partition coefficient (Wildman–Crippen LogP) is 3.05. The molecular formula is C15H19FN2O.